The number of hydrogen-bond acceptors (Lipinski definition) is 3. The van der Waals surface area contributed by atoms with Gasteiger partial charge < -0.3 is 5.32 Å². The van der Waals surface area contributed by atoms with Crippen molar-refractivity contribution in [1.82, 2.24) is 5.32 Å². The molecule has 1 saturated carbocycles. The molecule has 0 radical (unpaired) electrons. The third-order valence-corrected chi connectivity index (χ3v) is 4.57. The Bertz CT molecular complexity index is 554. The van der Waals surface area contributed by atoms with Gasteiger partial charge in [-0.25, -0.2) is 0 Å². The lowest BCUT2D eigenvalue weighted by Gasteiger charge is -2.28. The second-order valence-electron chi connectivity index (χ2n) is 5.98. The first kappa shape index (κ1) is 16.2. The highest BCUT2D eigenvalue weighted by Gasteiger charge is 2.30. The minimum atomic E-state index is -1.16. The zero-order valence-corrected chi connectivity index (χ0v) is 12.9. The Balaban J connectivity index is 1.86. The Morgan fingerprint density at radius 3 is 2.41 bits per heavy atom. The molecule has 1 N–H and O–H groups in total. The molecule has 1 amide bonds. The summed E-state index contributed by atoms with van der Waals surface area (Å²) in [4.78, 5) is 23.6. The molecule has 1 aliphatic carbocycles. The molecule has 0 bridgehead atoms. The summed E-state index contributed by atoms with van der Waals surface area (Å²) >= 11 is 0. The average molecular weight is 298 g/mol. The molecule has 4 heteroatoms. The summed E-state index contributed by atoms with van der Waals surface area (Å²) in [7, 11) is 1.45. The molecule has 4 nitrogen and oxygen atoms in total. The maximum atomic E-state index is 12.1. The van der Waals surface area contributed by atoms with Crippen LogP contribution in [0.3, 0.4) is 0 Å². The van der Waals surface area contributed by atoms with Crippen molar-refractivity contribution in [3.8, 4) is 6.07 Å². The van der Waals surface area contributed by atoms with Crippen molar-refractivity contribution in [1.29, 1.82) is 5.26 Å². The minimum Gasteiger partial charge on any atom is -0.358 e. The molecule has 0 spiro atoms. The SMILES string of the molecule is CNC(=O)C(C#N)C(=O)CC1CCC(c2ccccc2)CC1. The standard InChI is InChI=1S/C18H22N2O2/c1-20-18(22)16(12-19)17(21)11-13-7-9-15(10-8-13)14-5-3-2-4-6-14/h2-6,13,15-16H,7-11H2,1H3,(H,20,22). The summed E-state index contributed by atoms with van der Waals surface area (Å²) < 4.78 is 0. The Morgan fingerprint density at radius 1 is 1.23 bits per heavy atom. The molecule has 1 unspecified atom stereocenters. The largest absolute Gasteiger partial charge is 0.358 e. The van der Waals surface area contributed by atoms with Crippen molar-refractivity contribution >= 4 is 11.7 Å². The van der Waals surface area contributed by atoms with Crippen LogP contribution in [-0.2, 0) is 9.59 Å². The highest BCUT2D eigenvalue weighted by atomic mass is 16.2. The van der Waals surface area contributed by atoms with E-state index >= 15 is 0 Å². The Hall–Kier alpha value is -2.15. The number of hydrogen-bond donors (Lipinski definition) is 1. The molecule has 1 atom stereocenters. The van der Waals surface area contributed by atoms with Gasteiger partial charge in [0, 0.05) is 13.5 Å². The van der Waals surface area contributed by atoms with Gasteiger partial charge in [-0.2, -0.15) is 5.26 Å². The van der Waals surface area contributed by atoms with Crippen LogP contribution in [0.4, 0.5) is 0 Å². The molecule has 116 valence electrons. The van der Waals surface area contributed by atoms with Gasteiger partial charge in [-0.3, -0.25) is 9.59 Å². The number of amides is 1. The van der Waals surface area contributed by atoms with Crippen LogP contribution in [-0.4, -0.2) is 18.7 Å². The van der Waals surface area contributed by atoms with Gasteiger partial charge in [-0.05, 0) is 43.1 Å². The maximum absolute atomic E-state index is 12.1. The first-order chi connectivity index (χ1) is 10.7. The summed E-state index contributed by atoms with van der Waals surface area (Å²) in [6.07, 6.45) is 4.44. The number of Topliss-reactive ketones (excluding diaryl/α,β-unsaturated/α-hetero) is 1. The Kier molecular flexibility index (Phi) is 5.71. The van der Waals surface area contributed by atoms with Crippen LogP contribution >= 0.6 is 0 Å². The van der Waals surface area contributed by atoms with E-state index in [-0.39, 0.29) is 5.78 Å². The van der Waals surface area contributed by atoms with Gasteiger partial charge in [-0.15, -0.1) is 0 Å². The molecule has 0 aromatic heterocycles. The van der Waals surface area contributed by atoms with Crippen molar-refractivity contribution in [2.24, 2.45) is 11.8 Å². The molecule has 22 heavy (non-hydrogen) atoms. The van der Waals surface area contributed by atoms with E-state index < -0.39 is 11.8 Å². The predicted molar refractivity (Wildman–Crippen MR) is 83.9 cm³/mol. The number of carbonyl (C=O) groups excluding carboxylic acids is 2. The van der Waals surface area contributed by atoms with E-state index in [0.717, 1.165) is 25.7 Å². The van der Waals surface area contributed by atoms with Crippen LogP contribution < -0.4 is 5.32 Å². The second-order valence-corrected chi connectivity index (χ2v) is 5.98. The quantitative estimate of drug-likeness (QED) is 0.850. The normalized spacial score (nSPS) is 22.4. The number of nitriles is 1. The van der Waals surface area contributed by atoms with Crippen LogP contribution in [0.1, 0.15) is 43.6 Å². The molecule has 0 heterocycles. The highest BCUT2D eigenvalue weighted by Crippen LogP contribution is 2.37. The van der Waals surface area contributed by atoms with Gasteiger partial charge in [0.05, 0.1) is 6.07 Å². The first-order valence-corrected chi connectivity index (χ1v) is 7.84. The molecule has 1 aromatic rings. The van der Waals surface area contributed by atoms with E-state index in [4.69, 9.17) is 5.26 Å². The van der Waals surface area contributed by atoms with E-state index in [9.17, 15) is 9.59 Å². The molecule has 1 aromatic carbocycles. The topological polar surface area (TPSA) is 70.0 Å². The lowest BCUT2D eigenvalue weighted by atomic mass is 9.76. The molecule has 2 rings (SSSR count). The lowest BCUT2D eigenvalue weighted by molar-refractivity contribution is -0.132. The van der Waals surface area contributed by atoms with E-state index in [2.05, 4.69) is 29.6 Å². The zero-order valence-electron chi connectivity index (χ0n) is 12.9. The average Bonchev–Trinajstić information content (AvgIpc) is 2.56. The monoisotopic (exact) mass is 298 g/mol. The van der Waals surface area contributed by atoms with Crippen molar-refractivity contribution in [3.63, 3.8) is 0 Å². The first-order valence-electron chi connectivity index (χ1n) is 7.84. The fourth-order valence-electron chi connectivity index (χ4n) is 3.25. The number of benzene rings is 1. The number of carbonyl (C=O) groups is 2. The van der Waals surface area contributed by atoms with Crippen LogP contribution in [0.25, 0.3) is 0 Å². The van der Waals surface area contributed by atoms with Crippen molar-refractivity contribution < 1.29 is 9.59 Å². The molecular weight excluding hydrogens is 276 g/mol. The molecule has 1 fully saturated rings. The second kappa shape index (κ2) is 7.74. The van der Waals surface area contributed by atoms with Crippen molar-refractivity contribution in [3.05, 3.63) is 35.9 Å². The van der Waals surface area contributed by atoms with E-state index in [1.165, 1.54) is 12.6 Å². The van der Waals surface area contributed by atoms with E-state index in [1.54, 1.807) is 0 Å². The third-order valence-electron chi connectivity index (χ3n) is 4.57. The van der Waals surface area contributed by atoms with E-state index in [0.29, 0.717) is 18.3 Å². The highest BCUT2D eigenvalue weighted by molar-refractivity contribution is 6.03. The van der Waals surface area contributed by atoms with Gasteiger partial charge in [0.1, 0.15) is 0 Å². The molecule has 1 aliphatic rings. The van der Waals surface area contributed by atoms with Crippen LogP contribution in [0.15, 0.2) is 30.3 Å². The van der Waals surface area contributed by atoms with Crippen molar-refractivity contribution in [2.45, 2.75) is 38.0 Å². The lowest BCUT2D eigenvalue weighted by Crippen LogP contribution is -2.33. The number of ketones is 1. The van der Waals surface area contributed by atoms with Crippen LogP contribution in [0.2, 0.25) is 0 Å². The summed E-state index contributed by atoms with van der Waals surface area (Å²) in [5.74, 6) is -1.03. The number of nitrogens with one attached hydrogen (secondary N) is 1. The van der Waals surface area contributed by atoms with Gasteiger partial charge in [0.15, 0.2) is 11.7 Å². The summed E-state index contributed by atoms with van der Waals surface area (Å²) in [6.45, 7) is 0. The fourth-order valence-corrected chi connectivity index (χ4v) is 3.25. The third kappa shape index (κ3) is 3.94. The number of rotatable bonds is 5. The maximum Gasteiger partial charge on any atom is 0.244 e. The number of nitrogens with zero attached hydrogens (tertiary/aromatic N) is 1. The molecular formula is C18H22N2O2. The zero-order chi connectivity index (χ0) is 15.9. The Morgan fingerprint density at radius 2 is 1.86 bits per heavy atom. The Labute approximate surface area is 131 Å². The van der Waals surface area contributed by atoms with Gasteiger partial charge in [-0.1, -0.05) is 30.3 Å². The van der Waals surface area contributed by atoms with Crippen LogP contribution in [0, 0.1) is 23.2 Å². The summed E-state index contributed by atoms with van der Waals surface area (Å²) in [5.41, 5.74) is 1.37. The molecule has 0 aliphatic heterocycles. The molecule has 0 saturated heterocycles. The van der Waals surface area contributed by atoms with Gasteiger partial charge in [0.2, 0.25) is 5.91 Å². The minimum absolute atomic E-state index is 0.245. The fraction of sp³-hybridized carbons (Fsp3) is 0.500. The van der Waals surface area contributed by atoms with Gasteiger partial charge in [0.25, 0.3) is 0 Å². The summed E-state index contributed by atoms with van der Waals surface area (Å²) in [5, 5.41) is 11.4. The van der Waals surface area contributed by atoms with Crippen molar-refractivity contribution in [2.75, 3.05) is 7.05 Å². The van der Waals surface area contributed by atoms with E-state index in [1.807, 2.05) is 12.1 Å². The van der Waals surface area contributed by atoms with Crippen LogP contribution in [0.5, 0.6) is 0 Å². The predicted octanol–water partition coefficient (Wildman–Crippen LogP) is 2.81. The van der Waals surface area contributed by atoms with Gasteiger partial charge >= 0.3 is 0 Å². The smallest absolute Gasteiger partial charge is 0.244 e. The summed E-state index contributed by atoms with van der Waals surface area (Å²) in [6, 6.07) is 12.3.